The van der Waals surface area contributed by atoms with Crippen molar-refractivity contribution in [2.24, 2.45) is 11.1 Å². The maximum absolute atomic E-state index is 11.5. The fourth-order valence-corrected chi connectivity index (χ4v) is 3.87. The van der Waals surface area contributed by atoms with Gasteiger partial charge in [0.2, 0.25) is 0 Å². The van der Waals surface area contributed by atoms with Crippen molar-refractivity contribution in [1.29, 1.82) is 0 Å². The van der Waals surface area contributed by atoms with Crippen molar-refractivity contribution >= 4 is 16.9 Å². The number of benzene rings is 1. The van der Waals surface area contributed by atoms with Crippen LogP contribution in [-0.4, -0.2) is 29.0 Å². The third kappa shape index (κ3) is 2.03. The summed E-state index contributed by atoms with van der Waals surface area (Å²) in [5, 5.41) is 3.56. The molecule has 1 aliphatic carbocycles. The first-order valence-electron chi connectivity index (χ1n) is 7.66. The number of primary amides is 1. The Balaban J connectivity index is 1.70. The number of hydrogen-bond donors (Lipinski definition) is 3. The van der Waals surface area contributed by atoms with Crippen molar-refractivity contribution in [2.45, 2.75) is 31.6 Å². The largest absolute Gasteiger partial charge is 0.366 e. The summed E-state index contributed by atoms with van der Waals surface area (Å²) < 4.78 is 0. The summed E-state index contributed by atoms with van der Waals surface area (Å²) >= 11 is 0. The zero-order valence-electron chi connectivity index (χ0n) is 12.0. The second-order valence-corrected chi connectivity index (χ2v) is 6.57. The van der Waals surface area contributed by atoms with Gasteiger partial charge in [0.15, 0.2) is 0 Å². The van der Waals surface area contributed by atoms with Crippen molar-refractivity contribution in [3.8, 4) is 0 Å². The summed E-state index contributed by atoms with van der Waals surface area (Å²) in [5.41, 5.74) is 8.01. The van der Waals surface area contributed by atoms with E-state index in [0.717, 1.165) is 24.4 Å². The second kappa shape index (κ2) is 4.56. The number of imidazole rings is 1. The van der Waals surface area contributed by atoms with Crippen LogP contribution in [0.5, 0.6) is 0 Å². The first-order chi connectivity index (χ1) is 10.2. The maximum atomic E-state index is 11.5. The Morgan fingerprint density at radius 1 is 1.38 bits per heavy atom. The molecular weight excluding hydrogens is 264 g/mol. The Labute approximate surface area is 123 Å². The van der Waals surface area contributed by atoms with Crippen molar-refractivity contribution < 1.29 is 4.79 Å². The Bertz CT molecular complexity index is 701. The van der Waals surface area contributed by atoms with E-state index in [1.165, 1.54) is 25.7 Å². The van der Waals surface area contributed by atoms with Gasteiger partial charge in [0.25, 0.3) is 5.91 Å². The molecule has 1 aliphatic heterocycles. The van der Waals surface area contributed by atoms with Crippen LogP contribution in [0.15, 0.2) is 18.2 Å². The van der Waals surface area contributed by atoms with Crippen LogP contribution in [0, 0.1) is 5.41 Å². The molecular formula is C16H20N4O. The molecule has 2 aliphatic rings. The fourth-order valence-electron chi connectivity index (χ4n) is 3.87. The number of nitrogens with two attached hydrogens (primary N) is 1. The average molecular weight is 284 g/mol. The molecule has 2 aromatic rings. The van der Waals surface area contributed by atoms with Crippen molar-refractivity contribution in [3.63, 3.8) is 0 Å². The number of aromatic nitrogens is 2. The number of para-hydroxylation sites is 1. The first-order valence-corrected chi connectivity index (χ1v) is 7.66. The minimum Gasteiger partial charge on any atom is -0.366 e. The van der Waals surface area contributed by atoms with Gasteiger partial charge in [-0.25, -0.2) is 4.98 Å². The number of fused-ring (bicyclic) bond motifs is 1. The van der Waals surface area contributed by atoms with Crippen LogP contribution in [0.25, 0.3) is 11.0 Å². The van der Waals surface area contributed by atoms with Gasteiger partial charge in [-0.15, -0.1) is 0 Å². The van der Waals surface area contributed by atoms with E-state index in [1.54, 1.807) is 6.07 Å². The molecule has 1 saturated carbocycles. The molecule has 4 N–H and O–H groups in total. The topological polar surface area (TPSA) is 83.8 Å². The van der Waals surface area contributed by atoms with Gasteiger partial charge in [-0.1, -0.05) is 12.5 Å². The van der Waals surface area contributed by atoms with E-state index in [2.05, 4.69) is 15.3 Å². The third-order valence-electron chi connectivity index (χ3n) is 5.17. The fraction of sp³-hybridized carbons (Fsp3) is 0.500. The van der Waals surface area contributed by atoms with Crippen LogP contribution in [0.2, 0.25) is 0 Å². The number of hydrogen-bond acceptors (Lipinski definition) is 3. The molecule has 5 nitrogen and oxygen atoms in total. The molecule has 0 bridgehead atoms. The number of nitrogens with zero attached hydrogens (tertiary/aromatic N) is 1. The van der Waals surface area contributed by atoms with Gasteiger partial charge < -0.3 is 16.0 Å². The van der Waals surface area contributed by atoms with Gasteiger partial charge in [0.1, 0.15) is 11.3 Å². The van der Waals surface area contributed by atoms with E-state index in [1.807, 2.05) is 12.1 Å². The Kier molecular flexibility index (Phi) is 2.79. The zero-order chi connectivity index (χ0) is 14.4. The zero-order valence-corrected chi connectivity index (χ0v) is 12.0. The smallest absolute Gasteiger partial charge is 0.250 e. The molecule has 1 atom stereocenters. The highest BCUT2D eigenvalue weighted by molar-refractivity contribution is 6.04. The van der Waals surface area contributed by atoms with Crippen LogP contribution in [0.3, 0.4) is 0 Å². The van der Waals surface area contributed by atoms with E-state index in [9.17, 15) is 4.79 Å². The third-order valence-corrected chi connectivity index (χ3v) is 5.17. The van der Waals surface area contributed by atoms with Gasteiger partial charge >= 0.3 is 0 Å². The number of piperidine rings is 1. The van der Waals surface area contributed by atoms with Crippen LogP contribution in [0.4, 0.5) is 0 Å². The summed E-state index contributed by atoms with van der Waals surface area (Å²) in [6.07, 6.45) is 5.18. The van der Waals surface area contributed by atoms with E-state index >= 15 is 0 Å². The Morgan fingerprint density at radius 3 is 2.95 bits per heavy atom. The Hall–Kier alpha value is -1.88. The summed E-state index contributed by atoms with van der Waals surface area (Å²) in [6.45, 7) is 2.09. The lowest BCUT2D eigenvalue weighted by Crippen LogP contribution is -2.47. The normalized spacial score (nSPS) is 24.1. The molecule has 5 heteroatoms. The lowest BCUT2D eigenvalue weighted by Gasteiger charge is -2.47. The van der Waals surface area contributed by atoms with Gasteiger partial charge in [-0.05, 0) is 36.8 Å². The van der Waals surface area contributed by atoms with Crippen molar-refractivity contribution in [3.05, 3.63) is 29.6 Å². The molecule has 1 aromatic carbocycles. The SMILES string of the molecule is NC(=O)c1cccc2[nH]c(C3CNCC4(CCC4)C3)nc12. The molecule has 2 heterocycles. The molecule has 1 aromatic heterocycles. The number of nitrogens with one attached hydrogen (secondary N) is 2. The highest BCUT2D eigenvalue weighted by atomic mass is 16.1. The first kappa shape index (κ1) is 12.8. The van der Waals surface area contributed by atoms with Crippen molar-refractivity contribution in [1.82, 2.24) is 15.3 Å². The lowest BCUT2D eigenvalue weighted by atomic mass is 9.62. The molecule has 1 saturated heterocycles. The lowest BCUT2D eigenvalue weighted by molar-refractivity contribution is 0.0803. The molecule has 1 amide bonds. The monoisotopic (exact) mass is 284 g/mol. The van der Waals surface area contributed by atoms with Gasteiger partial charge in [0, 0.05) is 19.0 Å². The predicted octanol–water partition coefficient (Wildman–Crippen LogP) is 1.91. The molecule has 0 radical (unpaired) electrons. The molecule has 110 valence electrons. The summed E-state index contributed by atoms with van der Waals surface area (Å²) in [5.74, 6) is 0.959. The number of rotatable bonds is 2. The Morgan fingerprint density at radius 2 is 2.24 bits per heavy atom. The number of H-pyrrole nitrogens is 1. The maximum Gasteiger partial charge on any atom is 0.250 e. The van der Waals surface area contributed by atoms with E-state index in [-0.39, 0.29) is 0 Å². The highest BCUT2D eigenvalue weighted by Gasteiger charge is 2.42. The van der Waals surface area contributed by atoms with E-state index in [0.29, 0.717) is 22.4 Å². The summed E-state index contributed by atoms with van der Waals surface area (Å²) in [6, 6.07) is 5.53. The quantitative estimate of drug-likeness (QED) is 0.787. The van der Waals surface area contributed by atoms with E-state index < -0.39 is 5.91 Å². The van der Waals surface area contributed by atoms with Crippen molar-refractivity contribution in [2.75, 3.05) is 13.1 Å². The van der Waals surface area contributed by atoms with E-state index in [4.69, 9.17) is 5.73 Å². The predicted molar refractivity (Wildman–Crippen MR) is 81.1 cm³/mol. The molecule has 21 heavy (non-hydrogen) atoms. The van der Waals surface area contributed by atoms with Gasteiger partial charge in [-0.3, -0.25) is 4.79 Å². The summed E-state index contributed by atoms with van der Waals surface area (Å²) in [4.78, 5) is 19.6. The number of aromatic amines is 1. The van der Waals surface area contributed by atoms with Crippen LogP contribution in [0.1, 0.15) is 47.8 Å². The summed E-state index contributed by atoms with van der Waals surface area (Å²) in [7, 11) is 0. The minimum atomic E-state index is -0.420. The number of carbonyl (C=O) groups excluding carboxylic acids is 1. The molecule has 4 rings (SSSR count). The van der Waals surface area contributed by atoms with Crippen LogP contribution >= 0.6 is 0 Å². The molecule has 1 spiro atoms. The number of carbonyl (C=O) groups is 1. The van der Waals surface area contributed by atoms with Gasteiger partial charge in [0.05, 0.1) is 11.1 Å². The average Bonchev–Trinajstić information content (AvgIpc) is 2.89. The van der Waals surface area contributed by atoms with Crippen LogP contribution in [-0.2, 0) is 0 Å². The molecule has 1 unspecified atom stereocenters. The molecule has 2 fully saturated rings. The van der Waals surface area contributed by atoms with Gasteiger partial charge in [-0.2, -0.15) is 0 Å². The second-order valence-electron chi connectivity index (χ2n) is 6.57. The highest BCUT2D eigenvalue weighted by Crippen LogP contribution is 2.48. The number of amides is 1. The van der Waals surface area contributed by atoms with Crippen LogP contribution < -0.4 is 11.1 Å². The minimum absolute atomic E-state index is 0.396. The standard InChI is InChI=1S/C16H20N4O/c17-14(21)11-3-1-4-12-13(11)20-15(19-12)10-7-16(5-2-6-16)9-18-8-10/h1,3-4,10,18H,2,5-9H2,(H2,17,21)(H,19,20).